The third-order valence-electron chi connectivity index (χ3n) is 8.01. The number of carbonyl (C=O) groups excluding carboxylic acids is 3. The molecule has 5 rings (SSSR count). The van der Waals surface area contributed by atoms with Crippen LogP contribution < -0.4 is 10.6 Å². The molecule has 3 amide bonds. The average Bonchev–Trinajstić information content (AvgIpc) is 3.53. The molecule has 5 atom stereocenters. The number of benzene rings is 1. The quantitative estimate of drug-likeness (QED) is 0.527. The molecular formula is C26H27ClF3N5O3. The van der Waals surface area contributed by atoms with Gasteiger partial charge in [0.15, 0.2) is 0 Å². The molecule has 3 fully saturated rings. The fourth-order valence-electron chi connectivity index (χ4n) is 6.20. The first-order chi connectivity index (χ1) is 18.0. The number of aryl methyl sites for hydroxylation is 1. The summed E-state index contributed by atoms with van der Waals surface area (Å²) in [6, 6.07) is 2.26. The average molecular weight is 550 g/mol. The second-order valence-electron chi connectivity index (χ2n) is 10.6. The van der Waals surface area contributed by atoms with Crippen molar-refractivity contribution >= 4 is 40.2 Å². The van der Waals surface area contributed by atoms with Crippen LogP contribution in [-0.2, 0) is 9.59 Å². The molecule has 1 aromatic carbocycles. The summed E-state index contributed by atoms with van der Waals surface area (Å²) in [5.41, 5.74) is 0.684. The largest absolute Gasteiger partial charge is 0.356 e. The number of H-pyrrole nitrogens is 1. The molecule has 1 saturated carbocycles. The van der Waals surface area contributed by atoms with Crippen LogP contribution in [0.2, 0.25) is 5.02 Å². The van der Waals surface area contributed by atoms with Gasteiger partial charge in [-0.05, 0) is 55.7 Å². The number of halogens is 4. The molecule has 0 bridgehead atoms. The number of aromatic nitrogens is 1. The number of piperidine rings is 1. The molecule has 0 unspecified atom stereocenters. The topological polar surface area (TPSA) is 118 Å². The summed E-state index contributed by atoms with van der Waals surface area (Å²) in [4.78, 5) is 43.3. The van der Waals surface area contributed by atoms with Gasteiger partial charge in [0.1, 0.15) is 23.6 Å². The molecule has 2 aromatic rings. The fourth-order valence-corrected chi connectivity index (χ4v) is 6.41. The lowest BCUT2D eigenvalue weighted by Gasteiger charge is -2.29. The summed E-state index contributed by atoms with van der Waals surface area (Å²) in [6.07, 6.45) is 0.387. The molecule has 0 spiro atoms. The molecule has 12 heteroatoms. The summed E-state index contributed by atoms with van der Waals surface area (Å²) in [6.45, 7) is 2.10. The molecule has 1 aromatic heterocycles. The van der Waals surface area contributed by atoms with E-state index in [1.807, 2.05) is 6.07 Å². The van der Waals surface area contributed by atoms with Crippen molar-refractivity contribution < 1.29 is 27.6 Å². The Morgan fingerprint density at radius 3 is 2.82 bits per heavy atom. The first-order valence-corrected chi connectivity index (χ1v) is 13.0. The fraction of sp³-hybridized carbons (Fsp3) is 0.538. The van der Waals surface area contributed by atoms with Crippen molar-refractivity contribution in [3.63, 3.8) is 0 Å². The molecular weight excluding hydrogens is 523 g/mol. The Balaban J connectivity index is 1.41. The van der Waals surface area contributed by atoms with E-state index in [1.54, 1.807) is 6.92 Å². The predicted octanol–water partition coefficient (Wildman–Crippen LogP) is 3.68. The molecule has 3 aliphatic rings. The zero-order chi connectivity index (χ0) is 27.4. The van der Waals surface area contributed by atoms with Crippen molar-refractivity contribution in [2.24, 2.45) is 17.8 Å². The van der Waals surface area contributed by atoms with E-state index in [2.05, 4.69) is 15.6 Å². The summed E-state index contributed by atoms with van der Waals surface area (Å²) in [5.74, 6) is -6.97. The van der Waals surface area contributed by atoms with Gasteiger partial charge in [0.25, 0.3) is 5.91 Å². The SMILES string of the molecule is Cc1cc(F)c2cc(C(=O)N3C[C@H]4CC(F)(F)C[C@H]4[C@@H]3C(=O)N[C@@H](C#N)C[C@H]3CCCNC3=O)[nH]c2c1Cl. The van der Waals surface area contributed by atoms with Crippen molar-refractivity contribution in [3.8, 4) is 6.07 Å². The van der Waals surface area contributed by atoms with Gasteiger partial charge in [-0.2, -0.15) is 5.26 Å². The monoisotopic (exact) mass is 549 g/mol. The van der Waals surface area contributed by atoms with Gasteiger partial charge in [0.2, 0.25) is 17.7 Å². The van der Waals surface area contributed by atoms with Gasteiger partial charge in [-0.25, -0.2) is 13.2 Å². The van der Waals surface area contributed by atoms with Crippen molar-refractivity contribution in [1.82, 2.24) is 20.5 Å². The molecule has 2 aliphatic heterocycles. The number of nitrogens with one attached hydrogen (secondary N) is 3. The minimum absolute atomic E-state index is 0.0216. The molecule has 38 heavy (non-hydrogen) atoms. The van der Waals surface area contributed by atoms with Crippen LogP contribution in [0.4, 0.5) is 13.2 Å². The Bertz CT molecular complexity index is 1360. The van der Waals surface area contributed by atoms with Crippen LogP contribution in [0.1, 0.15) is 48.2 Å². The molecule has 3 N–H and O–H groups in total. The smallest absolute Gasteiger partial charge is 0.271 e. The van der Waals surface area contributed by atoms with E-state index >= 15 is 0 Å². The highest BCUT2D eigenvalue weighted by Crippen LogP contribution is 2.50. The number of aromatic amines is 1. The van der Waals surface area contributed by atoms with Gasteiger partial charge in [0.05, 0.1) is 16.6 Å². The highest BCUT2D eigenvalue weighted by molar-refractivity contribution is 6.36. The van der Waals surface area contributed by atoms with Crippen molar-refractivity contribution in [2.75, 3.05) is 13.1 Å². The van der Waals surface area contributed by atoms with Crippen LogP contribution in [0.25, 0.3) is 10.9 Å². The molecule has 0 radical (unpaired) electrons. The number of amides is 3. The van der Waals surface area contributed by atoms with Crippen molar-refractivity contribution in [3.05, 3.63) is 34.2 Å². The predicted molar refractivity (Wildman–Crippen MR) is 132 cm³/mol. The van der Waals surface area contributed by atoms with Gasteiger partial charge in [-0.3, -0.25) is 14.4 Å². The number of nitrogens with zero attached hydrogens (tertiary/aromatic N) is 2. The maximum Gasteiger partial charge on any atom is 0.271 e. The zero-order valence-corrected chi connectivity index (χ0v) is 21.4. The van der Waals surface area contributed by atoms with Crippen LogP contribution >= 0.6 is 11.6 Å². The number of likely N-dealkylation sites (tertiary alicyclic amines) is 1. The lowest BCUT2D eigenvalue weighted by Crippen LogP contribution is -2.52. The third kappa shape index (κ3) is 4.70. The van der Waals surface area contributed by atoms with E-state index < -0.39 is 66.2 Å². The maximum atomic E-state index is 14.6. The molecule has 8 nitrogen and oxygen atoms in total. The number of carbonyl (C=O) groups is 3. The lowest BCUT2D eigenvalue weighted by molar-refractivity contribution is -0.129. The summed E-state index contributed by atoms with van der Waals surface area (Å²) in [5, 5.41) is 15.3. The number of hydrogen-bond acceptors (Lipinski definition) is 4. The Morgan fingerprint density at radius 2 is 2.11 bits per heavy atom. The van der Waals surface area contributed by atoms with E-state index in [-0.39, 0.29) is 40.5 Å². The van der Waals surface area contributed by atoms with Crippen LogP contribution in [0.15, 0.2) is 12.1 Å². The van der Waals surface area contributed by atoms with Crippen LogP contribution in [0, 0.1) is 41.8 Å². The lowest BCUT2D eigenvalue weighted by atomic mass is 9.90. The number of hydrogen-bond donors (Lipinski definition) is 3. The van der Waals surface area contributed by atoms with Gasteiger partial charge in [-0.15, -0.1) is 0 Å². The van der Waals surface area contributed by atoms with Crippen LogP contribution in [0.3, 0.4) is 0 Å². The highest BCUT2D eigenvalue weighted by atomic mass is 35.5. The van der Waals surface area contributed by atoms with Crippen LogP contribution in [-0.4, -0.2) is 58.7 Å². The summed E-state index contributed by atoms with van der Waals surface area (Å²) in [7, 11) is 0. The zero-order valence-electron chi connectivity index (χ0n) is 20.6. The number of alkyl halides is 2. The van der Waals surface area contributed by atoms with E-state index in [9.17, 15) is 32.8 Å². The Morgan fingerprint density at radius 1 is 1.34 bits per heavy atom. The minimum atomic E-state index is -2.97. The first kappa shape index (κ1) is 26.4. The van der Waals surface area contributed by atoms with Gasteiger partial charge in [0, 0.05) is 37.2 Å². The summed E-state index contributed by atoms with van der Waals surface area (Å²) < 4.78 is 43.2. The minimum Gasteiger partial charge on any atom is -0.356 e. The van der Waals surface area contributed by atoms with Gasteiger partial charge in [-0.1, -0.05) is 11.6 Å². The van der Waals surface area contributed by atoms with E-state index in [0.29, 0.717) is 18.5 Å². The van der Waals surface area contributed by atoms with Gasteiger partial charge >= 0.3 is 0 Å². The highest BCUT2D eigenvalue weighted by Gasteiger charge is 2.58. The van der Waals surface area contributed by atoms with E-state index in [0.717, 1.165) is 6.42 Å². The second kappa shape index (κ2) is 9.80. The Labute approximate surface area is 221 Å². The maximum absolute atomic E-state index is 14.6. The van der Waals surface area contributed by atoms with Crippen LogP contribution in [0.5, 0.6) is 0 Å². The van der Waals surface area contributed by atoms with Crippen molar-refractivity contribution in [2.45, 2.75) is 57.0 Å². The number of fused-ring (bicyclic) bond motifs is 2. The molecule has 3 heterocycles. The molecule has 1 aliphatic carbocycles. The normalized spacial score (nSPS) is 27.1. The van der Waals surface area contributed by atoms with E-state index in [1.165, 1.54) is 17.0 Å². The number of nitriles is 1. The summed E-state index contributed by atoms with van der Waals surface area (Å²) >= 11 is 6.30. The van der Waals surface area contributed by atoms with Gasteiger partial charge < -0.3 is 20.5 Å². The Kier molecular flexibility index (Phi) is 6.80. The molecule has 202 valence electrons. The first-order valence-electron chi connectivity index (χ1n) is 12.6. The third-order valence-corrected chi connectivity index (χ3v) is 8.50. The standard InChI is InChI=1S/C26H27ClF3N5O3/c1-12-5-18(28)16-7-19(34-21(16)20(12)27)25(38)35-11-14-8-26(29,30)9-17(14)22(35)24(37)33-15(10-31)6-13-3-2-4-32-23(13)36/h5,7,13-15,17,22,34H,2-4,6,8-9,11H2,1H3,(H,32,36)(H,33,37)/t13-,14-,15-,17-,22-/m1/s1. The Hall–Kier alpha value is -3.26. The van der Waals surface area contributed by atoms with E-state index in [4.69, 9.17) is 11.6 Å². The molecule has 2 saturated heterocycles. The second-order valence-corrected chi connectivity index (χ2v) is 11.0. The van der Waals surface area contributed by atoms with Crippen molar-refractivity contribution in [1.29, 1.82) is 5.26 Å². The number of rotatable bonds is 5.